The average molecular weight is 443 g/mol. The first-order valence-electron chi connectivity index (χ1n) is 11.2. The highest BCUT2D eigenvalue weighted by molar-refractivity contribution is 6.09. The topological polar surface area (TPSA) is 69.0 Å². The molecule has 0 spiro atoms. The summed E-state index contributed by atoms with van der Waals surface area (Å²) >= 11 is 0. The molecule has 0 aliphatic rings. The Hall–Kier alpha value is -3.54. The van der Waals surface area contributed by atoms with E-state index >= 15 is 0 Å². The lowest BCUT2D eigenvalue weighted by Gasteiger charge is -2.32. The van der Waals surface area contributed by atoms with E-state index in [2.05, 4.69) is 41.5 Å². The maximum absolute atomic E-state index is 9.27. The standard InChI is InChI=1S/C27H34N6/c1-8-19-32(20-15-11-9-12-16-20)24(28)33(21-17-13-10-14-18-21)25-30-22(26(2,3)4)29-23(31-25)27(5,6)7/h8-19,28H,1-7H3/b19-8-,28-24?. The van der Waals surface area contributed by atoms with Gasteiger partial charge in [-0.05, 0) is 31.2 Å². The normalized spacial score (nSPS) is 12.1. The minimum atomic E-state index is -0.273. The summed E-state index contributed by atoms with van der Waals surface area (Å²) in [5.74, 6) is 2.05. The van der Waals surface area contributed by atoms with Crippen molar-refractivity contribution < 1.29 is 0 Å². The van der Waals surface area contributed by atoms with Crippen LogP contribution < -0.4 is 9.80 Å². The minimum Gasteiger partial charge on any atom is -0.288 e. The van der Waals surface area contributed by atoms with E-state index in [1.807, 2.05) is 84.8 Å². The van der Waals surface area contributed by atoms with Crippen LogP contribution in [0.2, 0.25) is 0 Å². The van der Waals surface area contributed by atoms with Crippen LogP contribution in [0.4, 0.5) is 17.3 Å². The number of para-hydroxylation sites is 2. The summed E-state index contributed by atoms with van der Waals surface area (Å²) in [7, 11) is 0. The van der Waals surface area contributed by atoms with Crippen LogP contribution in [0.15, 0.2) is 72.9 Å². The van der Waals surface area contributed by atoms with Crippen LogP contribution in [-0.2, 0) is 10.8 Å². The molecule has 2 aromatic carbocycles. The van der Waals surface area contributed by atoms with Crippen molar-refractivity contribution in [1.29, 1.82) is 5.41 Å². The average Bonchev–Trinajstić information content (AvgIpc) is 2.77. The van der Waals surface area contributed by atoms with Gasteiger partial charge in [0.25, 0.3) is 0 Å². The Morgan fingerprint density at radius 1 is 0.727 bits per heavy atom. The molecular formula is C27H34N6. The van der Waals surface area contributed by atoms with Crippen LogP contribution in [0, 0.1) is 5.41 Å². The van der Waals surface area contributed by atoms with Crippen LogP contribution in [0.3, 0.4) is 0 Å². The number of guanidine groups is 1. The van der Waals surface area contributed by atoms with E-state index in [1.165, 1.54) is 0 Å². The molecular weight excluding hydrogens is 408 g/mol. The van der Waals surface area contributed by atoms with Crippen molar-refractivity contribution in [3.63, 3.8) is 0 Å². The molecule has 0 unspecified atom stereocenters. The first-order chi connectivity index (χ1) is 15.5. The Morgan fingerprint density at radius 2 is 1.18 bits per heavy atom. The Balaban J connectivity index is 2.25. The second-order valence-electron chi connectivity index (χ2n) is 9.97. The number of nitrogens with one attached hydrogen (secondary N) is 1. The van der Waals surface area contributed by atoms with Crippen LogP contribution in [0.5, 0.6) is 0 Å². The molecule has 0 bridgehead atoms. The van der Waals surface area contributed by atoms with Gasteiger partial charge in [0.05, 0.1) is 5.69 Å². The monoisotopic (exact) mass is 442 g/mol. The molecule has 1 heterocycles. The van der Waals surface area contributed by atoms with E-state index in [1.54, 1.807) is 4.90 Å². The van der Waals surface area contributed by atoms with Gasteiger partial charge in [-0.15, -0.1) is 0 Å². The predicted octanol–water partition coefficient (Wildman–Crippen LogP) is 6.58. The Morgan fingerprint density at radius 3 is 1.61 bits per heavy atom. The molecule has 6 heteroatoms. The summed E-state index contributed by atoms with van der Waals surface area (Å²) in [4.78, 5) is 18.1. The van der Waals surface area contributed by atoms with Gasteiger partial charge >= 0.3 is 0 Å². The molecule has 1 N–H and O–H groups in total. The fraction of sp³-hybridized carbons (Fsp3) is 0.333. The lowest BCUT2D eigenvalue weighted by Crippen LogP contribution is -2.40. The molecule has 0 amide bonds. The summed E-state index contributed by atoms with van der Waals surface area (Å²) < 4.78 is 0. The van der Waals surface area contributed by atoms with Crippen molar-refractivity contribution in [3.05, 3.63) is 84.6 Å². The van der Waals surface area contributed by atoms with E-state index in [9.17, 15) is 5.41 Å². The first kappa shape index (κ1) is 24.1. The lowest BCUT2D eigenvalue weighted by atomic mass is 9.93. The number of aromatic nitrogens is 3. The zero-order valence-corrected chi connectivity index (χ0v) is 20.7. The third kappa shape index (κ3) is 5.64. The fourth-order valence-electron chi connectivity index (χ4n) is 3.17. The number of rotatable bonds is 4. The third-order valence-electron chi connectivity index (χ3n) is 4.95. The van der Waals surface area contributed by atoms with E-state index < -0.39 is 0 Å². The largest absolute Gasteiger partial charge is 0.288 e. The van der Waals surface area contributed by atoms with Gasteiger partial charge in [-0.2, -0.15) is 9.97 Å². The van der Waals surface area contributed by atoms with Gasteiger partial charge in [0.2, 0.25) is 11.9 Å². The SMILES string of the molecule is C/C=C\N(C(=N)N(c1ccccc1)c1nc(C(C)(C)C)nc(C(C)(C)C)n1)c1ccccc1. The molecule has 0 aliphatic heterocycles. The summed E-state index contributed by atoms with van der Waals surface area (Å²) in [5.41, 5.74) is 1.14. The second-order valence-corrected chi connectivity index (χ2v) is 9.97. The van der Waals surface area contributed by atoms with Crippen LogP contribution in [0.25, 0.3) is 0 Å². The van der Waals surface area contributed by atoms with Gasteiger partial charge in [-0.25, -0.2) is 9.88 Å². The number of benzene rings is 2. The number of allylic oxidation sites excluding steroid dienone is 1. The van der Waals surface area contributed by atoms with Gasteiger partial charge in [-0.3, -0.25) is 10.3 Å². The van der Waals surface area contributed by atoms with Gasteiger partial charge in [-0.1, -0.05) is 84.0 Å². The van der Waals surface area contributed by atoms with Crippen molar-refractivity contribution in [1.82, 2.24) is 15.0 Å². The van der Waals surface area contributed by atoms with Crippen LogP contribution >= 0.6 is 0 Å². The third-order valence-corrected chi connectivity index (χ3v) is 4.95. The predicted molar refractivity (Wildman–Crippen MR) is 137 cm³/mol. The second kappa shape index (κ2) is 9.53. The maximum Gasteiger partial charge on any atom is 0.240 e. The Kier molecular flexibility index (Phi) is 6.96. The highest BCUT2D eigenvalue weighted by atomic mass is 15.4. The van der Waals surface area contributed by atoms with Crippen LogP contribution in [0.1, 0.15) is 60.1 Å². The van der Waals surface area contributed by atoms with Crippen molar-refractivity contribution in [2.24, 2.45) is 0 Å². The van der Waals surface area contributed by atoms with E-state index in [-0.39, 0.29) is 16.8 Å². The van der Waals surface area contributed by atoms with Crippen molar-refractivity contribution in [3.8, 4) is 0 Å². The molecule has 172 valence electrons. The number of anilines is 3. The molecule has 0 fully saturated rings. The fourth-order valence-corrected chi connectivity index (χ4v) is 3.17. The van der Waals surface area contributed by atoms with E-state index in [0.717, 1.165) is 11.4 Å². The summed E-state index contributed by atoms with van der Waals surface area (Å²) in [6, 6.07) is 19.6. The van der Waals surface area contributed by atoms with Crippen molar-refractivity contribution in [2.45, 2.75) is 59.3 Å². The molecule has 0 aliphatic carbocycles. The minimum absolute atomic E-state index is 0.219. The van der Waals surface area contributed by atoms with Crippen molar-refractivity contribution >= 4 is 23.3 Å². The molecule has 3 rings (SSSR count). The number of hydrogen-bond donors (Lipinski definition) is 1. The number of nitrogens with zero attached hydrogens (tertiary/aromatic N) is 5. The molecule has 6 nitrogen and oxygen atoms in total. The van der Waals surface area contributed by atoms with Gasteiger partial charge < -0.3 is 0 Å². The van der Waals surface area contributed by atoms with Gasteiger partial charge in [0.1, 0.15) is 11.6 Å². The van der Waals surface area contributed by atoms with Gasteiger partial charge in [0, 0.05) is 22.7 Å². The molecule has 1 aromatic heterocycles. The number of hydrogen-bond acceptors (Lipinski definition) is 4. The zero-order valence-electron chi connectivity index (χ0n) is 20.7. The molecule has 33 heavy (non-hydrogen) atoms. The summed E-state index contributed by atoms with van der Waals surface area (Å²) in [6.45, 7) is 14.5. The quantitative estimate of drug-likeness (QED) is 0.365. The van der Waals surface area contributed by atoms with E-state index in [4.69, 9.17) is 15.0 Å². The molecule has 0 saturated carbocycles. The Labute approximate surface area is 197 Å². The Bertz CT molecular complexity index is 1080. The molecule has 3 aromatic rings. The highest BCUT2D eigenvalue weighted by Crippen LogP contribution is 2.30. The van der Waals surface area contributed by atoms with Crippen molar-refractivity contribution in [2.75, 3.05) is 9.80 Å². The van der Waals surface area contributed by atoms with Gasteiger partial charge in [0.15, 0.2) is 0 Å². The van der Waals surface area contributed by atoms with Crippen LogP contribution in [-0.4, -0.2) is 20.9 Å². The zero-order chi connectivity index (χ0) is 24.2. The molecule has 0 saturated heterocycles. The van der Waals surface area contributed by atoms with E-state index in [0.29, 0.717) is 17.6 Å². The summed E-state index contributed by atoms with van der Waals surface area (Å²) in [6.07, 6.45) is 3.80. The molecule has 0 atom stereocenters. The molecule has 0 radical (unpaired) electrons. The maximum atomic E-state index is 9.27. The summed E-state index contributed by atoms with van der Waals surface area (Å²) in [5, 5.41) is 9.27. The smallest absolute Gasteiger partial charge is 0.240 e. The lowest BCUT2D eigenvalue weighted by molar-refractivity contribution is 0.497. The highest BCUT2D eigenvalue weighted by Gasteiger charge is 2.29. The first-order valence-corrected chi connectivity index (χ1v) is 11.2.